The molecule has 0 unspecified atom stereocenters. The maximum absolute atomic E-state index is 14.2. The molecule has 5 rings (SSSR count). The summed E-state index contributed by atoms with van der Waals surface area (Å²) < 4.78 is 21.0. The largest absolute Gasteiger partial charge is 0.497 e. The van der Waals surface area contributed by atoms with Gasteiger partial charge in [0.05, 0.1) is 29.1 Å². The zero-order chi connectivity index (χ0) is 25.9. The Hall–Kier alpha value is -4.73. The quantitative estimate of drug-likeness (QED) is 0.284. The number of non-ortho nitro benzene ring substituents is 1. The summed E-state index contributed by atoms with van der Waals surface area (Å²) in [5.74, 6) is 0.184. The molecule has 1 saturated heterocycles. The van der Waals surface area contributed by atoms with Gasteiger partial charge in [-0.05, 0) is 54.6 Å². The molecule has 1 aliphatic heterocycles. The van der Waals surface area contributed by atoms with E-state index in [1.54, 1.807) is 48.4 Å². The van der Waals surface area contributed by atoms with Crippen LogP contribution in [0.1, 0.15) is 10.5 Å². The third-order valence-electron chi connectivity index (χ3n) is 6.38. The van der Waals surface area contributed by atoms with E-state index < -0.39 is 4.92 Å². The van der Waals surface area contributed by atoms with Crippen LogP contribution in [0.5, 0.6) is 5.75 Å². The fraction of sp³-hybridized carbons (Fsp3) is 0.185. The summed E-state index contributed by atoms with van der Waals surface area (Å²) in [6.45, 7) is 1.81. The van der Waals surface area contributed by atoms with Crippen LogP contribution in [-0.2, 0) is 0 Å². The van der Waals surface area contributed by atoms with E-state index in [0.717, 1.165) is 5.56 Å². The van der Waals surface area contributed by atoms with Crippen molar-refractivity contribution in [2.75, 3.05) is 38.2 Å². The fourth-order valence-electron chi connectivity index (χ4n) is 4.37. The molecule has 37 heavy (non-hydrogen) atoms. The number of halogens is 1. The number of carbonyl (C=O) groups is 1. The lowest BCUT2D eigenvalue weighted by Gasteiger charge is -2.36. The van der Waals surface area contributed by atoms with Crippen molar-refractivity contribution in [3.05, 3.63) is 100 Å². The lowest BCUT2D eigenvalue weighted by molar-refractivity contribution is -0.384. The number of hydrogen-bond acceptors (Lipinski definition) is 6. The number of nitrogens with zero attached hydrogens (tertiary/aromatic N) is 5. The standard InChI is InChI=1S/C27H24FN5O4/c1-37-22-12-6-19(7-13-22)24-18-26(32(29-24)20-8-10-21(11-9-20)33(35)36)27(34)31-16-14-30(15-17-31)25-5-3-2-4-23(25)28/h2-13,18H,14-17H2,1H3. The van der Waals surface area contributed by atoms with E-state index in [-0.39, 0.29) is 17.4 Å². The van der Waals surface area contributed by atoms with Crippen LogP contribution >= 0.6 is 0 Å². The maximum atomic E-state index is 14.2. The lowest BCUT2D eigenvalue weighted by atomic mass is 10.1. The number of hydrogen-bond donors (Lipinski definition) is 0. The van der Waals surface area contributed by atoms with Crippen LogP contribution in [0.4, 0.5) is 15.8 Å². The minimum Gasteiger partial charge on any atom is -0.497 e. The highest BCUT2D eigenvalue weighted by Gasteiger charge is 2.27. The minimum absolute atomic E-state index is 0.0524. The molecule has 9 nitrogen and oxygen atoms in total. The normalized spacial score (nSPS) is 13.5. The smallest absolute Gasteiger partial charge is 0.272 e. The number of anilines is 1. The average Bonchev–Trinajstić information content (AvgIpc) is 3.39. The van der Waals surface area contributed by atoms with Crippen LogP contribution in [-0.4, -0.2) is 58.8 Å². The van der Waals surface area contributed by atoms with E-state index >= 15 is 0 Å². The Bertz CT molecular complexity index is 1430. The van der Waals surface area contributed by atoms with Gasteiger partial charge in [-0.2, -0.15) is 5.10 Å². The molecule has 10 heteroatoms. The van der Waals surface area contributed by atoms with Crippen LogP contribution in [0, 0.1) is 15.9 Å². The third kappa shape index (κ3) is 4.86. The summed E-state index contributed by atoms with van der Waals surface area (Å²) in [5, 5.41) is 15.8. The molecule has 0 bridgehead atoms. The molecule has 0 atom stereocenters. The molecule has 2 heterocycles. The first-order valence-electron chi connectivity index (χ1n) is 11.7. The predicted octanol–water partition coefficient (Wildman–Crippen LogP) is 4.56. The Kier molecular flexibility index (Phi) is 6.55. The highest BCUT2D eigenvalue weighted by Crippen LogP contribution is 2.27. The van der Waals surface area contributed by atoms with Crippen molar-refractivity contribution >= 4 is 17.3 Å². The number of aromatic nitrogens is 2. The first-order chi connectivity index (χ1) is 17.9. The molecule has 0 aliphatic carbocycles. The predicted molar refractivity (Wildman–Crippen MR) is 137 cm³/mol. The molecule has 3 aromatic carbocycles. The van der Waals surface area contributed by atoms with Crippen LogP contribution in [0.2, 0.25) is 0 Å². The molecule has 1 aromatic heterocycles. The number of benzene rings is 3. The molecule has 188 valence electrons. The van der Waals surface area contributed by atoms with Crippen molar-refractivity contribution in [1.82, 2.24) is 14.7 Å². The van der Waals surface area contributed by atoms with Gasteiger partial charge in [0, 0.05) is 43.9 Å². The Morgan fingerprint density at radius 3 is 2.27 bits per heavy atom. The van der Waals surface area contributed by atoms with E-state index in [1.165, 1.54) is 22.9 Å². The van der Waals surface area contributed by atoms with Gasteiger partial charge in [0.25, 0.3) is 11.6 Å². The Balaban J connectivity index is 1.45. The number of rotatable bonds is 6. The topological polar surface area (TPSA) is 93.7 Å². The summed E-state index contributed by atoms with van der Waals surface area (Å²) in [6.07, 6.45) is 0. The monoisotopic (exact) mass is 501 g/mol. The number of carbonyl (C=O) groups excluding carboxylic acids is 1. The molecule has 0 saturated carbocycles. The van der Waals surface area contributed by atoms with Crippen LogP contribution < -0.4 is 9.64 Å². The number of nitro groups is 1. The van der Waals surface area contributed by atoms with E-state index in [9.17, 15) is 19.3 Å². The molecule has 1 amide bonds. The van der Waals surface area contributed by atoms with Crippen molar-refractivity contribution < 1.29 is 18.8 Å². The molecule has 0 spiro atoms. The molecule has 0 N–H and O–H groups in total. The number of ether oxygens (including phenoxy) is 1. The van der Waals surface area contributed by atoms with Gasteiger partial charge in [-0.25, -0.2) is 9.07 Å². The summed E-state index contributed by atoms with van der Waals surface area (Å²) >= 11 is 0. The SMILES string of the molecule is COc1ccc(-c2cc(C(=O)N3CCN(c4ccccc4F)CC3)n(-c3ccc([N+](=O)[O-])cc3)n2)cc1. The summed E-state index contributed by atoms with van der Waals surface area (Å²) in [6, 6.07) is 21.5. The molecule has 1 fully saturated rings. The Morgan fingerprint density at radius 1 is 0.973 bits per heavy atom. The number of methoxy groups -OCH3 is 1. The second-order valence-electron chi connectivity index (χ2n) is 8.56. The number of amides is 1. The van der Waals surface area contributed by atoms with Gasteiger partial charge in [-0.3, -0.25) is 14.9 Å². The van der Waals surface area contributed by atoms with Crippen molar-refractivity contribution in [3.8, 4) is 22.7 Å². The van der Waals surface area contributed by atoms with Gasteiger partial charge in [-0.15, -0.1) is 0 Å². The summed E-state index contributed by atoms with van der Waals surface area (Å²) in [7, 11) is 1.58. The minimum atomic E-state index is -0.475. The summed E-state index contributed by atoms with van der Waals surface area (Å²) in [4.78, 5) is 27.9. The Morgan fingerprint density at radius 2 is 1.65 bits per heavy atom. The zero-order valence-corrected chi connectivity index (χ0v) is 20.1. The molecular formula is C27H24FN5O4. The summed E-state index contributed by atoms with van der Waals surface area (Å²) in [5.41, 5.74) is 2.70. The molecule has 4 aromatic rings. The molecule has 1 aliphatic rings. The average molecular weight is 502 g/mol. The van der Waals surface area contributed by atoms with Crippen molar-refractivity contribution in [2.45, 2.75) is 0 Å². The third-order valence-corrected chi connectivity index (χ3v) is 6.38. The van der Waals surface area contributed by atoms with Crippen LogP contribution in [0.25, 0.3) is 16.9 Å². The number of para-hydroxylation sites is 1. The van der Waals surface area contributed by atoms with E-state index in [2.05, 4.69) is 5.10 Å². The van der Waals surface area contributed by atoms with Gasteiger partial charge >= 0.3 is 0 Å². The van der Waals surface area contributed by atoms with Crippen molar-refractivity contribution in [1.29, 1.82) is 0 Å². The van der Waals surface area contributed by atoms with E-state index in [0.29, 0.717) is 54.7 Å². The maximum Gasteiger partial charge on any atom is 0.272 e. The molecular weight excluding hydrogens is 477 g/mol. The number of nitro benzene ring substituents is 1. The van der Waals surface area contributed by atoms with Gasteiger partial charge in [0.15, 0.2) is 0 Å². The first-order valence-corrected chi connectivity index (χ1v) is 11.7. The van der Waals surface area contributed by atoms with Gasteiger partial charge in [0.2, 0.25) is 0 Å². The second-order valence-corrected chi connectivity index (χ2v) is 8.56. The Labute approximate surface area is 212 Å². The van der Waals surface area contributed by atoms with E-state index in [4.69, 9.17) is 4.74 Å². The van der Waals surface area contributed by atoms with Crippen molar-refractivity contribution in [3.63, 3.8) is 0 Å². The second kappa shape index (κ2) is 10.1. The lowest BCUT2D eigenvalue weighted by Crippen LogP contribution is -2.49. The van der Waals surface area contributed by atoms with Crippen LogP contribution in [0.3, 0.4) is 0 Å². The van der Waals surface area contributed by atoms with Gasteiger partial charge in [0.1, 0.15) is 17.3 Å². The fourth-order valence-corrected chi connectivity index (χ4v) is 4.37. The number of piperazine rings is 1. The van der Waals surface area contributed by atoms with Gasteiger partial charge in [-0.1, -0.05) is 12.1 Å². The highest BCUT2D eigenvalue weighted by molar-refractivity contribution is 5.94. The van der Waals surface area contributed by atoms with E-state index in [1.807, 2.05) is 29.2 Å². The van der Waals surface area contributed by atoms with Gasteiger partial charge < -0.3 is 14.5 Å². The first kappa shape index (κ1) is 24.0. The van der Waals surface area contributed by atoms with Crippen LogP contribution in [0.15, 0.2) is 78.9 Å². The highest BCUT2D eigenvalue weighted by atomic mass is 19.1. The van der Waals surface area contributed by atoms with Crippen molar-refractivity contribution in [2.24, 2.45) is 0 Å². The zero-order valence-electron chi connectivity index (χ0n) is 20.1. The molecule has 0 radical (unpaired) electrons.